The number of carbonyl (C=O) groups is 1. The maximum Gasteiger partial charge on any atom is 0.165 e. The van der Waals surface area contributed by atoms with Gasteiger partial charge in [-0.3, -0.25) is 4.79 Å². The summed E-state index contributed by atoms with van der Waals surface area (Å²) in [5.74, 6) is 0. The van der Waals surface area contributed by atoms with Crippen LogP contribution >= 0.6 is 0 Å². The van der Waals surface area contributed by atoms with Crippen molar-refractivity contribution in [2.75, 3.05) is 0 Å². The molecule has 1 heterocycles. The van der Waals surface area contributed by atoms with E-state index in [4.69, 9.17) is 0 Å². The van der Waals surface area contributed by atoms with Gasteiger partial charge in [0.05, 0.1) is 5.70 Å². The Hall–Kier alpha value is -1.05. The average molecular weight is 123 g/mol. The van der Waals surface area contributed by atoms with E-state index < -0.39 is 0 Å². The van der Waals surface area contributed by atoms with Gasteiger partial charge < -0.3 is 5.32 Å². The molecule has 1 aliphatic heterocycles. The summed E-state index contributed by atoms with van der Waals surface area (Å²) in [6, 6.07) is 0. The Bertz CT molecular complexity index is 158. The van der Waals surface area contributed by atoms with E-state index in [0.717, 1.165) is 19.1 Å². The van der Waals surface area contributed by atoms with Crippen LogP contribution in [0.1, 0.15) is 12.8 Å². The van der Waals surface area contributed by atoms with E-state index in [0.29, 0.717) is 5.70 Å². The zero-order valence-corrected chi connectivity index (χ0v) is 5.13. The summed E-state index contributed by atoms with van der Waals surface area (Å²) in [7, 11) is 0. The highest BCUT2D eigenvalue weighted by Crippen LogP contribution is 1.99. The minimum atomic E-state index is 0.670. The van der Waals surface area contributed by atoms with Gasteiger partial charge in [0, 0.05) is 0 Å². The van der Waals surface area contributed by atoms with Crippen LogP contribution in [0.5, 0.6) is 0 Å². The fourth-order valence-electron chi connectivity index (χ4n) is 0.715. The summed E-state index contributed by atoms with van der Waals surface area (Å²) in [6.07, 6.45) is 8.50. The Morgan fingerprint density at radius 3 is 3.22 bits per heavy atom. The first-order valence-electron chi connectivity index (χ1n) is 3.00. The van der Waals surface area contributed by atoms with Crippen LogP contribution in [0.25, 0.3) is 0 Å². The van der Waals surface area contributed by atoms with Crippen LogP contribution in [0.2, 0.25) is 0 Å². The molecule has 1 aliphatic rings. The Kier molecular flexibility index (Phi) is 2.07. The number of nitrogens with one attached hydrogen (secondary N) is 1. The quantitative estimate of drug-likeness (QED) is 0.526. The molecule has 0 fully saturated rings. The third-order valence-electron chi connectivity index (χ3n) is 1.19. The fraction of sp³-hybridized carbons (Fsp3) is 0.286. The van der Waals surface area contributed by atoms with Gasteiger partial charge in [0.15, 0.2) is 6.29 Å². The zero-order valence-electron chi connectivity index (χ0n) is 5.13. The highest BCUT2D eigenvalue weighted by Gasteiger charge is 1.91. The van der Waals surface area contributed by atoms with Gasteiger partial charge >= 0.3 is 0 Å². The van der Waals surface area contributed by atoms with Crippen molar-refractivity contribution < 1.29 is 4.79 Å². The van der Waals surface area contributed by atoms with E-state index in [-0.39, 0.29) is 0 Å². The van der Waals surface area contributed by atoms with Crippen LogP contribution in [0.15, 0.2) is 24.0 Å². The molecule has 0 aromatic rings. The lowest BCUT2D eigenvalue weighted by Crippen LogP contribution is -2.03. The minimum Gasteiger partial charge on any atom is -0.360 e. The third kappa shape index (κ3) is 1.72. The molecule has 0 spiro atoms. The Balaban J connectivity index is 2.58. The molecule has 0 aliphatic carbocycles. The van der Waals surface area contributed by atoms with Crippen molar-refractivity contribution in [2.45, 2.75) is 12.8 Å². The second kappa shape index (κ2) is 3.07. The third-order valence-corrected chi connectivity index (χ3v) is 1.19. The van der Waals surface area contributed by atoms with Crippen molar-refractivity contribution in [3.05, 3.63) is 24.0 Å². The molecule has 48 valence electrons. The summed E-state index contributed by atoms with van der Waals surface area (Å²) < 4.78 is 0. The van der Waals surface area contributed by atoms with E-state index in [1.165, 1.54) is 0 Å². The fourth-order valence-corrected chi connectivity index (χ4v) is 0.715. The van der Waals surface area contributed by atoms with Crippen LogP contribution in [0, 0.1) is 0 Å². The zero-order chi connectivity index (χ0) is 6.53. The van der Waals surface area contributed by atoms with E-state index in [9.17, 15) is 4.79 Å². The standard InChI is InChI=1S/C7H9NO/c9-6-7-4-2-1-3-5-8-7/h3-6,8H,1-2H2. The van der Waals surface area contributed by atoms with Gasteiger partial charge in [0.1, 0.15) is 0 Å². The Morgan fingerprint density at radius 1 is 1.56 bits per heavy atom. The summed E-state index contributed by atoms with van der Waals surface area (Å²) in [4.78, 5) is 10.1. The van der Waals surface area contributed by atoms with Crippen LogP contribution < -0.4 is 5.32 Å². The molecule has 1 rings (SSSR count). The summed E-state index contributed by atoms with van der Waals surface area (Å²) in [6.45, 7) is 0. The maximum atomic E-state index is 10.1. The van der Waals surface area contributed by atoms with Crippen LogP contribution in [-0.4, -0.2) is 6.29 Å². The van der Waals surface area contributed by atoms with Gasteiger partial charge in [-0.15, -0.1) is 0 Å². The van der Waals surface area contributed by atoms with Crippen molar-refractivity contribution in [3.63, 3.8) is 0 Å². The van der Waals surface area contributed by atoms with E-state index >= 15 is 0 Å². The first-order chi connectivity index (χ1) is 4.43. The van der Waals surface area contributed by atoms with E-state index in [1.54, 1.807) is 6.20 Å². The molecule has 0 bridgehead atoms. The van der Waals surface area contributed by atoms with E-state index in [2.05, 4.69) is 5.32 Å². The van der Waals surface area contributed by atoms with Gasteiger partial charge in [-0.25, -0.2) is 0 Å². The number of hydrogen-bond acceptors (Lipinski definition) is 2. The Labute approximate surface area is 54.3 Å². The number of allylic oxidation sites excluding steroid dienone is 3. The molecule has 2 heteroatoms. The average Bonchev–Trinajstić information content (AvgIpc) is 2.13. The molecule has 2 nitrogen and oxygen atoms in total. The smallest absolute Gasteiger partial charge is 0.165 e. The van der Waals surface area contributed by atoms with Gasteiger partial charge in [0.25, 0.3) is 0 Å². The first kappa shape index (κ1) is 6.08. The predicted molar refractivity (Wildman–Crippen MR) is 35.7 cm³/mol. The Morgan fingerprint density at radius 2 is 2.44 bits per heavy atom. The predicted octanol–water partition coefficient (Wildman–Crippen LogP) is 0.966. The van der Waals surface area contributed by atoms with Crippen molar-refractivity contribution in [1.29, 1.82) is 0 Å². The lowest BCUT2D eigenvalue weighted by atomic mass is 10.3. The van der Waals surface area contributed by atoms with Gasteiger partial charge in [-0.1, -0.05) is 12.2 Å². The molecule has 1 N–H and O–H groups in total. The van der Waals surface area contributed by atoms with Crippen molar-refractivity contribution >= 4 is 6.29 Å². The van der Waals surface area contributed by atoms with Crippen LogP contribution in [0.3, 0.4) is 0 Å². The minimum absolute atomic E-state index is 0.670. The van der Waals surface area contributed by atoms with Crippen molar-refractivity contribution in [1.82, 2.24) is 5.32 Å². The molecule has 0 aromatic carbocycles. The number of rotatable bonds is 1. The van der Waals surface area contributed by atoms with Gasteiger partial charge in [0.2, 0.25) is 0 Å². The molecule has 0 aromatic heterocycles. The molecule has 0 radical (unpaired) electrons. The lowest BCUT2D eigenvalue weighted by molar-refractivity contribution is -0.105. The number of carbonyl (C=O) groups excluding carboxylic acids is 1. The second-order valence-electron chi connectivity index (χ2n) is 1.90. The van der Waals surface area contributed by atoms with Gasteiger partial charge in [-0.05, 0) is 19.0 Å². The molecule has 0 saturated carbocycles. The highest BCUT2D eigenvalue weighted by molar-refractivity contribution is 5.72. The first-order valence-corrected chi connectivity index (χ1v) is 3.00. The topological polar surface area (TPSA) is 29.1 Å². The molecular weight excluding hydrogens is 114 g/mol. The number of hydrogen-bond donors (Lipinski definition) is 1. The van der Waals surface area contributed by atoms with E-state index in [1.807, 2.05) is 12.2 Å². The maximum absolute atomic E-state index is 10.1. The molecule has 0 unspecified atom stereocenters. The molecule has 0 amide bonds. The van der Waals surface area contributed by atoms with Crippen LogP contribution in [0.4, 0.5) is 0 Å². The number of aldehydes is 1. The summed E-state index contributed by atoms with van der Waals surface area (Å²) in [5, 5.41) is 2.84. The monoisotopic (exact) mass is 123 g/mol. The summed E-state index contributed by atoms with van der Waals surface area (Å²) >= 11 is 0. The molecule has 0 atom stereocenters. The largest absolute Gasteiger partial charge is 0.360 e. The van der Waals surface area contributed by atoms with Crippen molar-refractivity contribution in [3.8, 4) is 0 Å². The highest BCUT2D eigenvalue weighted by atomic mass is 16.1. The normalized spacial score (nSPS) is 17.6. The lowest BCUT2D eigenvalue weighted by Gasteiger charge is -1.92. The molecule has 0 saturated heterocycles. The van der Waals surface area contributed by atoms with Crippen molar-refractivity contribution in [2.24, 2.45) is 0 Å². The van der Waals surface area contributed by atoms with Gasteiger partial charge in [-0.2, -0.15) is 0 Å². The molecule has 9 heavy (non-hydrogen) atoms. The summed E-state index contributed by atoms with van der Waals surface area (Å²) in [5.41, 5.74) is 0.670. The SMILES string of the molecule is O=CC1=CCCC=CN1. The molecular formula is C7H9NO. The second-order valence-corrected chi connectivity index (χ2v) is 1.90. The van der Waals surface area contributed by atoms with Crippen LogP contribution in [-0.2, 0) is 4.79 Å².